The average molecular weight is 279 g/mol. The van der Waals surface area contributed by atoms with E-state index in [1.807, 2.05) is 0 Å². The molecule has 1 unspecified atom stereocenters. The predicted octanol–water partition coefficient (Wildman–Crippen LogP) is 1.87. The van der Waals surface area contributed by atoms with Crippen molar-refractivity contribution in [3.8, 4) is 11.5 Å². The van der Waals surface area contributed by atoms with E-state index in [1.165, 1.54) is 33.1 Å². The van der Waals surface area contributed by atoms with Crippen LogP contribution in [0.25, 0.3) is 0 Å². The molecule has 0 aromatic heterocycles. The SMILES string of the molecule is COC(=O)c1cc(CC2CCCCN2)c(O)cc1OC. The van der Waals surface area contributed by atoms with Crippen LogP contribution in [-0.2, 0) is 11.2 Å². The first-order chi connectivity index (χ1) is 9.65. The monoisotopic (exact) mass is 279 g/mol. The van der Waals surface area contributed by atoms with Crippen molar-refractivity contribution < 1.29 is 19.4 Å². The van der Waals surface area contributed by atoms with Gasteiger partial charge < -0.3 is 19.9 Å². The first kappa shape index (κ1) is 14.7. The number of nitrogens with one attached hydrogen (secondary N) is 1. The number of hydrogen-bond acceptors (Lipinski definition) is 5. The number of hydrogen-bond donors (Lipinski definition) is 2. The Balaban J connectivity index is 2.25. The van der Waals surface area contributed by atoms with Crippen LogP contribution in [0.3, 0.4) is 0 Å². The van der Waals surface area contributed by atoms with Crippen LogP contribution in [0.2, 0.25) is 0 Å². The number of rotatable bonds is 4. The summed E-state index contributed by atoms with van der Waals surface area (Å²) in [6.45, 7) is 1.01. The van der Waals surface area contributed by atoms with Gasteiger partial charge in [-0.25, -0.2) is 4.79 Å². The second-order valence-electron chi connectivity index (χ2n) is 5.02. The summed E-state index contributed by atoms with van der Waals surface area (Å²) >= 11 is 0. The first-order valence-corrected chi connectivity index (χ1v) is 6.87. The van der Waals surface area contributed by atoms with E-state index < -0.39 is 5.97 Å². The molecule has 5 nitrogen and oxygen atoms in total. The number of ether oxygens (including phenoxy) is 2. The molecule has 0 radical (unpaired) electrons. The van der Waals surface area contributed by atoms with E-state index in [2.05, 4.69) is 5.32 Å². The summed E-state index contributed by atoms with van der Waals surface area (Å²) < 4.78 is 9.87. The van der Waals surface area contributed by atoms with Gasteiger partial charge in [0.05, 0.1) is 14.2 Å². The molecule has 0 saturated carbocycles. The molecule has 20 heavy (non-hydrogen) atoms. The molecule has 1 aromatic carbocycles. The maximum atomic E-state index is 11.7. The number of aromatic hydroxyl groups is 1. The average Bonchev–Trinajstić information content (AvgIpc) is 2.49. The molecule has 0 aliphatic carbocycles. The largest absolute Gasteiger partial charge is 0.508 e. The minimum atomic E-state index is -0.459. The van der Waals surface area contributed by atoms with E-state index in [0.717, 1.165) is 18.5 Å². The minimum Gasteiger partial charge on any atom is -0.508 e. The third-order valence-corrected chi connectivity index (χ3v) is 3.68. The molecule has 1 atom stereocenters. The highest BCUT2D eigenvalue weighted by Crippen LogP contribution is 2.30. The zero-order valence-electron chi connectivity index (χ0n) is 11.9. The Labute approximate surface area is 118 Å². The van der Waals surface area contributed by atoms with Crippen molar-refractivity contribution in [2.75, 3.05) is 20.8 Å². The van der Waals surface area contributed by atoms with Gasteiger partial charge in [0, 0.05) is 12.1 Å². The second kappa shape index (κ2) is 6.61. The van der Waals surface area contributed by atoms with Gasteiger partial charge in [-0.3, -0.25) is 0 Å². The van der Waals surface area contributed by atoms with Crippen LogP contribution < -0.4 is 10.1 Å². The lowest BCUT2D eigenvalue weighted by atomic mass is 9.96. The third-order valence-electron chi connectivity index (χ3n) is 3.68. The lowest BCUT2D eigenvalue weighted by molar-refractivity contribution is 0.0597. The number of carbonyl (C=O) groups is 1. The molecule has 2 N–H and O–H groups in total. The maximum absolute atomic E-state index is 11.7. The van der Waals surface area contributed by atoms with Crippen molar-refractivity contribution in [1.82, 2.24) is 5.32 Å². The Morgan fingerprint density at radius 1 is 1.40 bits per heavy atom. The number of carbonyl (C=O) groups excluding carboxylic acids is 1. The standard InChI is InChI=1S/C15H21NO4/c1-19-14-9-13(17)10(8-12(14)15(18)20-2)7-11-5-3-4-6-16-11/h8-9,11,16-17H,3-7H2,1-2H3. The molecule has 1 aliphatic rings. The number of piperidine rings is 1. The molecule has 1 aromatic rings. The molecular formula is C15H21NO4. The Morgan fingerprint density at radius 3 is 2.80 bits per heavy atom. The van der Waals surface area contributed by atoms with Gasteiger partial charge in [0.15, 0.2) is 0 Å². The summed E-state index contributed by atoms with van der Waals surface area (Å²) in [5, 5.41) is 13.5. The van der Waals surface area contributed by atoms with Gasteiger partial charge in [0.1, 0.15) is 17.1 Å². The van der Waals surface area contributed by atoms with Gasteiger partial charge in [-0.15, -0.1) is 0 Å². The topological polar surface area (TPSA) is 67.8 Å². The van der Waals surface area contributed by atoms with Crippen molar-refractivity contribution in [2.45, 2.75) is 31.7 Å². The van der Waals surface area contributed by atoms with Crippen molar-refractivity contribution in [2.24, 2.45) is 0 Å². The zero-order chi connectivity index (χ0) is 14.5. The van der Waals surface area contributed by atoms with Gasteiger partial charge in [-0.05, 0) is 37.4 Å². The van der Waals surface area contributed by atoms with Crippen LogP contribution in [0.1, 0.15) is 35.2 Å². The lowest BCUT2D eigenvalue weighted by Gasteiger charge is -2.24. The summed E-state index contributed by atoms with van der Waals surface area (Å²) in [5.74, 6) is 0.0243. The van der Waals surface area contributed by atoms with Crippen LogP contribution in [0.4, 0.5) is 0 Å². The molecular weight excluding hydrogens is 258 g/mol. The van der Waals surface area contributed by atoms with Crippen molar-refractivity contribution in [3.63, 3.8) is 0 Å². The molecule has 1 aliphatic heterocycles. The van der Waals surface area contributed by atoms with E-state index in [4.69, 9.17) is 9.47 Å². The highest BCUT2D eigenvalue weighted by molar-refractivity contribution is 5.93. The zero-order valence-corrected chi connectivity index (χ0v) is 11.9. The summed E-state index contributed by atoms with van der Waals surface area (Å²) in [6, 6.07) is 3.48. The molecule has 0 bridgehead atoms. The van der Waals surface area contributed by atoms with E-state index in [9.17, 15) is 9.90 Å². The van der Waals surface area contributed by atoms with Crippen molar-refractivity contribution in [3.05, 3.63) is 23.3 Å². The minimum absolute atomic E-state index is 0.155. The fourth-order valence-electron chi connectivity index (χ4n) is 2.58. The summed E-state index contributed by atoms with van der Waals surface area (Å²) in [4.78, 5) is 11.7. The van der Waals surface area contributed by atoms with E-state index in [-0.39, 0.29) is 5.75 Å². The molecule has 1 saturated heterocycles. The number of phenols is 1. The van der Waals surface area contributed by atoms with Crippen LogP contribution in [0.15, 0.2) is 12.1 Å². The first-order valence-electron chi connectivity index (χ1n) is 6.87. The van der Waals surface area contributed by atoms with Gasteiger partial charge in [0.2, 0.25) is 0 Å². The highest BCUT2D eigenvalue weighted by atomic mass is 16.5. The van der Waals surface area contributed by atoms with Crippen LogP contribution >= 0.6 is 0 Å². The maximum Gasteiger partial charge on any atom is 0.341 e. The van der Waals surface area contributed by atoms with Crippen molar-refractivity contribution >= 4 is 5.97 Å². The Bertz CT molecular complexity index is 481. The third kappa shape index (κ3) is 3.22. The fourth-order valence-corrected chi connectivity index (χ4v) is 2.58. The quantitative estimate of drug-likeness (QED) is 0.824. The van der Waals surface area contributed by atoms with Crippen LogP contribution in [-0.4, -0.2) is 37.9 Å². The molecule has 0 spiro atoms. The lowest BCUT2D eigenvalue weighted by Crippen LogP contribution is -2.35. The number of benzene rings is 1. The van der Waals surface area contributed by atoms with Gasteiger partial charge in [-0.2, -0.15) is 0 Å². The predicted molar refractivity (Wildman–Crippen MR) is 75.3 cm³/mol. The highest BCUT2D eigenvalue weighted by Gasteiger charge is 2.20. The number of phenolic OH excluding ortho intramolecular Hbond substituents is 1. The molecule has 1 heterocycles. The number of esters is 1. The van der Waals surface area contributed by atoms with E-state index in [1.54, 1.807) is 6.07 Å². The van der Waals surface area contributed by atoms with Crippen LogP contribution in [0.5, 0.6) is 11.5 Å². The molecule has 2 rings (SSSR count). The smallest absolute Gasteiger partial charge is 0.341 e. The molecule has 110 valence electrons. The Kier molecular flexibility index (Phi) is 4.84. The Morgan fingerprint density at radius 2 is 2.20 bits per heavy atom. The van der Waals surface area contributed by atoms with E-state index >= 15 is 0 Å². The summed E-state index contributed by atoms with van der Waals surface area (Å²) in [7, 11) is 2.79. The number of methoxy groups -OCH3 is 2. The Hall–Kier alpha value is -1.75. The molecule has 1 fully saturated rings. The van der Waals surface area contributed by atoms with Crippen LogP contribution in [0, 0.1) is 0 Å². The van der Waals surface area contributed by atoms with Gasteiger partial charge in [0.25, 0.3) is 0 Å². The molecule has 0 amide bonds. The fraction of sp³-hybridized carbons (Fsp3) is 0.533. The second-order valence-corrected chi connectivity index (χ2v) is 5.02. The normalized spacial score (nSPS) is 18.6. The van der Waals surface area contributed by atoms with Crippen molar-refractivity contribution in [1.29, 1.82) is 0 Å². The summed E-state index contributed by atoms with van der Waals surface area (Å²) in [6.07, 6.45) is 4.16. The van der Waals surface area contributed by atoms with Gasteiger partial charge >= 0.3 is 5.97 Å². The van der Waals surface area contributed by atoms with Gasteiger partial charge in [-0.1, -0.05) is 6.42 Å². The molecule has 5 heteroatoms. The summed E-state index contributed by atoms with van der Waals surface area (Å²) in [5.41, 5.74) is 1.09. The van der Waals surface area contributed by atoms with E-state index in [0.29, 0.717) is 23.8 Å².